The summed E-state index contributed by atoms with van der Waals surface area (Å²) in [5, 5.41) is 22.3. The van der Waals surface area contributed by atoms with Gasteiger partial charge in [-0.15, -0.1) is 0 Å². The number of allylic oxidation sites excluding steroid dienone is 1. The molecule has 0 fully saturated rings. The van der Waals surface area contributed by atoms with Crippen molar-refractivity contribution >= 4 is 23.3 Å². The third-order valence-electron chi connectivity index (χ3n) is 2.48. The first-order chi connectivity index (χ1) is 9.70. The highest BCUT2D eigenvalue weighted by atomic mass is 16.6. The molecule has 0 spiro atoms. The van der Waals surface area contributed by atoms with Gasteiger partial charge in [0.05, 0.1) is 11.0 Å². The van der Waals surface area contributed by atoms with Crippen molar-refractivity contribution in [1.29, 1.82) is 5.26 Å². The number of nitrogens with one attached hydrogen (secondary N) is 1. The lowest BCUT2D eigenvalue weighted by atomic mass is 10.2. The summed E-state index contributed by atoms with van der Waals surface area (Å²) in [6.07, 6.45) is 4.50. The number of nitro groups is 1. The van der Waals surface area contributed by atoms with E-state index in [0.29, 0.717) is 5.69 Å². The van der Waals surface area contributed by atoms with Crippen LogP contribution in [0.3, 0.4) is 0 Å². The van der Waals surface area contributed by atoms with Crippen LogP contribution in [0.5, 0.6) is 0 Å². The van der Waals surface area contributed by atoms with Gasteiger partial charge in [0, 0.05) is 24.0 Å². The van der Waals surface area contributed by atoms with E-state index in [4.69, 9.17) is 5.26 Å². The molecular formula is C14H10N4O2. The Hall–Kier alpha value is -3.20. The first kappa shape index (κ1) is 13.2. The standard InChI is InChI=1S/C14H10N4O2/c15-8-2-5-11-4-1-6-12(10-11)17-14-13(18(19)20)7-3-9-16-14/h1-7,9-10H,(H,16,17). The zero-order valence-corrected chi connectivity index (χ0v) is 10.4. The average molecular weight is 266 g/mol. The number of nitriles is 1. The van der Waals surface area contributed by atoms with Crippen molar-refractivity contribution in [3.63, 3.8) is 0 Å². The predicted molar refractivity (Wildman–Crippen MR) is 75.3 cm³/mol. The highest BCUT2D eigenvalue weighted by Crippen LogP contribution is 2.25. The summed E-state index contributed by atoms with van der Waals surface area (Å²) in [5.41, 5.74) is 1.38. The van der Waals surface area contributed by atoms with Crippen molar-refractivity contribution in [3.8, 4) is 6.07 Å². The monoisotopic (exact) mass is 266 g/mol. The molecule has 0 unspecified atom stereocenters. The van der Waals surface area contributed by atoms with Gasteiger partial charge in [-0.25, -0.2) is 4.98 Å². The highest BCUT2D eigenvalue weighted by Gasteiger charge is 2.13. The minimum absolute atomic E-state index is 0.0922. The van der Waals surface area contributed by atoms with Gasteiger partial charge in [0.25, 0.3) is 0 Å². The van der Waals surface area contributed by atoms with Crippen LogP contribution in [-0.2, 0) is 0 Å². The van der Waals surface area contributed by atoms with Crippen LogP contribution >= 0.6 is 0 Å². The van der Waals surface area contributed by atoms with Gasteiger partial charge in [0.15, 0.2) is 0 Å². The van der Waals surface area contributed by atoms with E-state index >= 15 is 0 Å². The van der Waals surface area contributed by atoms with Crippen LogP contribution in [0.1, 0.15) is 5.56 Å². The predicted octanol–water partition coefficient (Wildman–Crippen LogP) is 3.27. The summed E-state index contributed by atoms with van der Waals surface area (Å²) < 4.78 is 0. The van der Waals surface area contributed by atoms with E-state index in [1.807, 2.05) is 12.1 Å². The molecular weight excluding hydrogens is 256 g/mol. The second-order valence-electron chi connectivity index (χ2n) is 3.84. The Morgan fingerprint density at radius 2 is 2.20 bits per heavy atom. The molecule has 98 valence electrons. The number of rotatable bonds is 4. The quantitative estimate of drug-likeness (QED) is 0.521. The molecule has 0 bridgehead atoms. The normalized spacial score (nSPS) is 10.2. The fourth-order valence-corrected chi connectivity index (χ4v) is 1.63. The fourth-order valence-electron chi connectivity index (χ4n) is 1.63. The number of anilines is 2. The van der Waals surface area contributed by atoms with Gasteiger partial charge in [-0.2, -0.15) is 5.26 Å². The molecule has 0 saturated carbocycles. The van der Waals surface area contributed by atoms with E-state index < -0.39 is 4.92 Å². The van der Waals surface area contributed by atoms with Gasteiger partial charge in [-0.05, 0) is 29.8 Å². The molecule has 2 aromatic rings. The lowest BCUT2D eigenvalue weighted by Crippen LogP contribution is -1.99. The Bertz CT molecular complexity index is 704. The Kier molecular flexibility index (Phi) is 4.04. The largest absolute Gasteiger partial charge is 0.334 e. The van der Waals surface area contributed by atoms with E-state index in [9.17, 15) is 10.1 Å². The zero-order chi connectivity index (χ0) is 14.4. The minimum atomic E-state index is -0.491. The van der Waals surface area contributed by atoms with Crippen LogP contribution in [-0.4, -0.2) is 9.91 Å². The van der Waals surface area contributed by atoms with Crippen molar-refractivity contribution < 1.29 is 4.92 Å². The number of pyridine rings is 1. The summed E-state index contributed by atoms with van der Waals surface area (Å²) in [6.45, 7) is 0. The SMILES string of the molecule is N#CC=Cc1cccc(Nc2ncccc2[N+](=O)[O-])c1. The summed E-state index contributed by atoms with van der Waals surface area (Å²) in [7, 11) is 0. The number of hydrogen-bond acceptors (Lipinski definition) is 5. The number of hydrogen-bond donors (Lipinski definition) is 1. The molecule has 1 aromatic heterocycles. The lowest BCUT2D eigenvalue weighted by Gasteiger charge is -2.06. The van der Waals surface area contributed by atoms with E-state index in [1.54, 1.807) is 24.3 Å². The Morgan fingerprint density at radius 1 is 1.35 bits per heavy atom. The summed E-state index contributed by atoms with van der Waals surface area (Å²) in [4.78, 5) is 14.4. The average Bonchev–Trinajstić information content (AvgIpc) is 2.46. The molecule has 1 N–H and O–H groups in total. The maximum atomic E-state index is 10.9. The Labute approximate surface area is 115 Å². The van der Waals surface area contributed by atoms with Crippen molar-refractivity contribution in [1.82, 2.24) is 4.98 Å². The van der Waals surface area contributed by atoms with Gasteiger partial charge in [0.1, 0.15) is 0 Å². The van der Waals surface area contributed by atoms with Crippen LogP contribution in [0.4, 0.5) is 17.2 Å². The van der Waals surface area contributed by atoms with Gasteiger partial charge in [0.2, 0.25) is 5.82 Å². The molecule has 6 nitrogen and oxygen atoms in total. The van der Waals surface area contributed by atoms with E-state index in [1.165, 1.54) is 24.4 Å². The maximum absolute atomic E-state index is 10.9. The molecule has 2 rings (SSSR count). The molecule has 0 aliphatic carbocycles. The number of aromatic nitrogens is 1. The van der Waals surface area contributed by atoms with Crippen LogP contribution < -0.4 is 5.32 Å². The molecule has 1 aromatic carbocycles. The van der Waals surface area contributed by atoms with Crippen LogP contribution in [0, 0.1) is 21.4 Å². The topological polar surface area (TPSA) is 91.8 Å². The Morgan fingerprint density at radius 3 is 2.95 bits per heavy atom. The van der Waals surface area contributed by atoms with Crippen molar-refractivity contribution in [2.75, 3.05) is 5.32 Å². The highest BCUT2D eigenvalue weighted by molar-refractivity contribution is 5.67. The van der Waals surface area contributed by atoms with Crippen LogP contribution in [0.15, 0.2) is 48.7 Å². The van der Waals surface area contributed by atoms with E-state index in [0.717, 1.165) is 5.56 Å². The molecule has 0 amide bonds. The first-order valence-electron chi connectivity index (χ1n) is 5.73. The molecule has 20 heavy (non-hydrogen) atoms. The maximum Gasteiger partial charge on any atom is 0.311 e. The summed E-state index contributed by atoms with van der Waals surface area (Å²) in [5.74, 6) is 0.180. The first-order valence-corrected chi connectivity index (χ1v) is 5.73. The molecule has 0 aliphatic heterocycles. The molecule has 0 atom stereocenters. The third kappa shape index (κ3) is 3.17. The second kappa shape index (κ2) is 6.11. The van der Waals surface area contributed by atoms with E-state index in [2.05, 4.69) is 10.3 Å². The lowest BCUT2D eigenvalue weighted by molar-refractivity contribution is -0.384. The molecule has 0 radical (unpaired) electrons. The van der Waals surface area contributed by atoms with Crippen molar-refractivity contribution in [2.24, 2.45) is 0 Å². The van der Waals surface area contributed by atoms with Gasteiger partial charge < -0.3 is 5.32 Å². The van der Waals surface area contributed by atoms with Gasteiger partial charge in [-0.1, -0.05) is 12.1 Å². The van der Waals surface area contributed by atoms with Crippen LogP contribution in [0.25, 0.3) is 6.08 Å². The number of nitrogens with zero attached hydrogens (tertiary/aromatic N) is 3. The van der Waals surface area contributed by atoms with E-state index in [-0.39, 0.29) is 11.5 Å². The van der Waals surface area contributed by atoms with Crippen molar-refractivity contribution in [2.45, 2.75) is 0 Å². The summed E-state index contributed by atoms with van der Waals surface area (Å²) in [6, 6.07) is 11.9. The second-order valence-corrected chi connectivity index (χ2v) is 3.84. The fraction of sp³-hybridized carbons (Fsp3) is 0. The van der Waals surface area contributed by atoms with Crippen molar-refractivity contribution in [3.05, 3.63) is 64.3 Å². The Balaban J connectivity index is 2.29. The zero-order valence-electron chi connectivity index (χ0n) is 10.4. The third-order valence-corrected chi connectivity index (χ3v) is 2.48. The van der Waals surface area contributed by atoms with Gasteiger partial charge in [-0.3, -0.25) is 10.1 Å². The molecule has 6 heteroatoms. The summed E-state index contributed by atoms with van der Waals surface area (Å²) >= 11 is 0. The van der Waals surface area contributed by atoms with Crippen LogP contribution in [0.2, 0.25) is 0 Å². The van der Waals surface area contributed by atoms with Gasteiger partial charge >= 0.3 is 5.69 Å². The smallest absolute Gasteiger partial charge is 0.311 e. The minimum Gasteiger partial charge on any atom is -0.334 e. The molecule has 0 saturated heterocycles. The molecule has 1 heterocycles. The number of benzene rings is 1. The molecule has 0 aliphatic rings.